The van der Waals surface area contributed by atoms with Crippen LogP contribution >= 0.6 is 0 Å². The second kappa shape index (κ2) is 35.1. The average molecular weight is 764 g/mol. The fourth-order valence-electron chi connectivity index (χ4n) is 2.09. The zero-order chi connectivity index (χ0) is 31.9. The predicted octanol–water partition coefficient (Wildman–Crippen LogP) is -29.7. The molecule has 28 heteroatoms. The molecule has 0 spiro atoms. The molecule has 6 N–H and O–H groups in total. The average Bonchev–Trinajstić information content (AvgIpc) is 2.64. The standard InChI is InChI=1S/3C6H8O7.Fe.6Na/c3*7-3(8)1-6(13,5(11)12)2-4(9)10;;;;;;;/h3*13H,1-2H2,(H,7,8)(H,9,10)(H,11,12);;;;;;;/q;;;;6*+1/p-6. The number of hydrogen-bond acceptors (Lipinski definition) is 18. The van der Waals surface area contributed by atoms with Crippen LogP contribution in [0.1, 0.15) is 38.5 Å². The Morgan fingerprint density at radius 3 is 0.565 bits per heavy atom. The summed E-state index contributed by atoms with van der Waals surface area (Å²) in [5.41, 5.74) is -8.74. The van der Waals surface area contributed by atoms with Gasteiger partial charge in [0, 0.05) is 54.2 Å². The second-order valence-electron chi connectivity index (χ2n) is 7.32. The molecule has 0 saturated carbocycles. The Kier molecular flexibility index (Phi) is 55.7. The summed E-state index contributed by atoms with van der Waals surface area (Å²) in [5, 5.41) is 112. The molecule has 0 bridgehead atoms. The van der Waals surface area contributed by atoms with Gasteiger partial charge in [0.2, 0.25) is 0 Å². The SMILES string of the molecule is O=C([O-])CC(O)(CC(=O)O)C(=O)[O-].O=C([O-])CC(O)(CC(=O)O)C(=O)[O-].O=C([O-])CC(O)(CC(=O)O)C(=O)[O-].[Fe].[Na+].[Na+].[Na+].[Na+].[Na+].[Na+]. The Bertz CT molecular complexity index is 838. The maximum absolute atomic E-state index is 10.2. The maximum atomic E-state index is 10.2. The molecule has 0 fully saturated rings. The van der Waals surface area contributed by atoms with Gasteiger partial charge in [0.25, 0.3) is 0 Å². The van der Waals surface area contributed by atoms with Gasteiger partial charge < -0.3 is 90.0 Å². The van der Waals surface area contributed by atoms with Crippen LogP contribution in [-0.4, -0.2) is 101 Å². The summed E-state index contributed by atoms with van der Waals surface area (Å²) in [7, 11) is 0. The minimum absolute atomic E-state index is 0. The first-order valence-corrected chi connectivity index (χ1v) is 9.40. The van der Waals surface area contributed by atoms with Crippen molar-refractivity contribution in [2.45, 2.75) is 55.3 Å². The third-order valence-corrected chi connectivity index (χ3v) is 3.78. The minimum atomic E-state index is -2.91. The van der Waals surface area contributed by atoms with Crippen molar-refractivity contribution in [2.24, 2.45) is 0 Å². The fraction of sp³-hybridized carbons (Fsp3) is 0.500. The quantitative estimate of drug-likeness (QED) is 0.0843. The van der Waals surface area contributed by atoms with E-state index in [9.17, 15) is 73.8 Å². The monoisotopic (exact) mass is 764 g/mol. The van der Waals surface area contributed by atoms with Crippen molar-refractivity contribution in [3.05, 3.63) is 0 Å². The van der Waals surface area contributed by atoms with Crippen molar-refractivity contribution in [1.82, 2.24) is 0 Å². The molecule has 21 nitrogen and oxygen atoms in total. The molecule has 3 unspecified atom stereocenters. The molecule has 0 aliphatic carbocycles. The van der Waals surface area contributed by atoms with Crippen molar-refractivity contribution in [2.75, 3.05) is 0 Å². The van der Waals surface area contributed by atoms with E-state index in [2.05, 4.69) is 0 Å². The summed E-state index contributed by atoms with van der Waals surface area (Å²) in [4.78, 5) is 90.5. The summed E-state index contributed by atoms with van der Waals surface area (Å²) >= 11 is 0. The first-order chi connectivity index (χ1) is 17.3. The van der Waals surface area contributed by atoms with Crippen LogP contribution < -0.4 is 208 Å². The maximum Gasteiger partial charge on any atom is 1.00 e. The molecule has 0 aromatic carbocycles. The number of hydrogen-bond donors (Lipinski definition) is 6. The van der Waals surface area contributed by atoms with Gasteiger partial charge in [0.15, 0.2) is 0 Å². The number of aliphatic hydroxyl groups is 3. The summed E-state index contributed by atoms with van der Waals surface area (Å²) in [6.07, 6.45) is -7.69. The molecule has 0 saturated heterocycles. The normalized spacial score (nSPS) is 12.3. The predicted molar refractivity (Wildman–Crippen MR) is 95.5 cm³/mol. The third-order valence-electron chi connectivity index (χ3n) is 3.78. The van der Waals surface area contributed by atoms with Gasteiger partial charge in [-0.1, -0.05) is 0 Å². The smallest absolute Gasteiger partial charge is 0.550 e. The number of carboxylic acid groups (broad SMARTS) is 9. The molecule has 0 aliphatic rings. The van der Waals surface area contributed by atoms with Crippen LogP contribution in [0.4, 0.5) is 0 Å². The number of carbonyl (C=O) groups excluding carboxylic acids is 6. The van der Waals surface area contributed by atoms with Crippen molar-refractivity contribution < 1.29 is 299 Å². The summed E-state index contributed by atoms with van der Waals surface area (Å²) in [5.74, 6) is -17.0. The molecule has 230 valence electrons. The molecule has 0 amide bonds. The van der Waals surface area contributed by atoms with Crippen LogP contribution in [-0.2, 0) is 60.2 Å². The Labute approximate surface area is 401 Å². The van der Waals surface area contributed by atoms with Crippen LogP contribution in [0.3, 0.4) is 0 Å². The van der Waals surface area contributed by atoms with Gasteiger partial charge in [0.05, 0.1) is 37.2 Å². The summed E-state index contributed by atoms with van der Waals surface area (Å²) < 4.78 is 0. The van der Waals surface area contributed by atoms with Crippen molar-refractivity contribution >= 4 is 53.7 Å². The van der Waals surface area contributed by atoms with Gasteiger partial charge in [-0.3, -0.25) is 14.4 Å². The minimum Gasteiger partial charge on any atom is -0.550 e. The van der Waals surface area contributed by atoms with E-state index < -0.39 is 109 Å². The van der Waals surface area contributed by atoms with Gasteiger partial charge >= 0.3 is 195 Å². The van der Waals surface area contributed by atoms with Crippen molar-refractivity contribution in [1.29, 1.82) is 0 Å². The molecule has 46 heavy (non-hydrogen) atoms. The van der Waals surface area contributed by atoms with Crippen LogP contribution in [0, 0.1) is 0 Å². The topological polar surface area (TPSA) is 413 Å². The van der Waals surface area contributed by atoms with E-state index in [1.54, 1.807) is 0 Å². The van der Waals surface area contributed by atoms with E-state index in [0.717, 1.165) is 0 Å². The largest absolute Gasteiger partial charge is 1.00 e. The number of carbonyl (C=O) groups is 9. The Hall–Kier alpha value is 1.63. The Morgan fingerprint density at radius 2 is 0.500 bits per heavy atom. The van der Waals surface area contributed by atoms with Gasteiger partial charge in [-0.25, -0.2) is 0 Å². The molecule has 0 aromatic rings. The fourth-order valence-corrected chi connectivity index (χ4v) is 2.09. The molecule has 0 heterocycles. The molecule has 0 aliphatic heterocycles. The van der Waals surface area contributed by atoms with Crippen LogP contribution in [0.2, 0.25) is 0 Å². The molecule has 0 aromatic heterocycles. The van der Waals surface area contributed by atoms with E-state index >= 15 is 0 Å². The van der Waals surface area contributed by atoms with Gasteiger partial charge in [-0.15, -0.1) is 0 Å². The molecule has 0 rings (SSSR count). The number of aliphatic carboxylic acids is 9. The van der Waals surface area contributed by atoms with E-state index in [0.29, 0.717) is 0 Å². The zero-order valence-corrected chi connectivity index (χ0v) is 38.5. The summed E-state index contributed by atoms with van der Waals surface area (Å²) in [6, 6.07) is 0. The molecular weight excluding hydrogens is 746 g/mol. The van der Waals surface area contributed by atoms with Crippen molar-refractivity contribution in [3.8, 4) is 0 Å². The van der Waals surface area contributed by atoms with Crippen LogP contribution in [0.5, 0.6) is 0 Å². The molecule has 3 atom stereocenters. The first-order valence-electron chi connectivity index (χ1n) is 9.40. The molecular formula is C18H18FeNa6O21. The van der Waals surface area contributed by atoms with E-state index in [1.807, 2.05) is 0 Å². The molecule has 0 radical (unpaired) electrons. The van der Waals surface area contributed by atoms with E-state index in [-0.39, 0.29) is 194 Å². The van der Waals surface area contributed by atoms with Crippen LogP contribution in [0.25, 0.3) is 0 Å². The Balaban J connectivity index is -0.0000000491. The second-order valence-corrected chi connectivity index (χ2v) is 7.32. The van der Waals surface area contributed by atoms with E-state index in [4.69, 9.17) is 30.6 Å². The van der Waals surface area contributed by atoms with Gasteiger partial charge in [-0.05, 0) is 0 Å². The zero-order valence-electron chi connectivity index (χ0n) is 25.4. The van der Waals surface area contributed by atoms with Crippen LogP contribution in [0.15, 0.2) is 0 Å². The van der Waals surface area contributed by atoms with Crippen molar-refractivity contribution in [3.63, 3.8) is 0 Å². The first kappa shape index (κ1) is 73.1. The van der Waals surface area contributed by atoms with Gasteiger partial charge in [-0.2, -0.15) is 0 Å². The third kappa shape index (κ3) is 36.9. The Morgan fingerprint density at radius 1 is 0.370 bits per heavy atom. The number of rotatable bonds is 15. The number of carboxylic acids is 9. The van der Waals surface area contributed by atoms with Gasteiger partial charge in [0.1, 0.15) is 16.8 Å². The van der Waals surface area contributed by atoms with E-state index in [1.165, 1.54) is 0 Å². The summed E-state index contributed by atoms with van der Waals surface area (Å²) in [6.45, 7) is 0.